The normalized spacial score (nSPS) is 13.0. The predicted molar refractivity (Wildman–Crippen MR) is 278 cm³/mol. The Morgan fingerprint density at radius 1 is 0.438 bits per heavy atom. The van der Waals surface area contributed by atoms with Crippen LogP contribution in [0.4, 0.5) is 0 Å². The number of hydrogen-bond donors (Lipinski definition) is 3. The van der Waals surface area contributed by atoms with Gasteiger partial charge in [-0.2, -0.15) is 0 Å². The Bertz CT molecular complexity index is 1080. The summed E-state index contributed by atoms with van der Waals surface area (Å²) < 4.78 is 5.43. The van der Waals surface area contributed by atoms with E-state index in [1.165, 1.54) is 154 Å². The first-order chi connectivity index (χ1) is 31.5. The van der Waals surface area contributed by atoms with Crippen molar-refractivity contribution in [3.8, 4) is 0 Å². The minimum atomic E-state index is -0.676. The van der Waals surface area contributed by atoms with Crippen molar-refractivity contribution in [1.82, 2.24) is 5.32 Å². The molecule has 2 unspecified atom stereocenters. The lowest BCUT2D eigenvalue weighted by atomic mass is 10.0. The Balaban J connectivity index is 3.52. The Kier molecular flexibility index (Phi) is 51.6. The molecule has 0 saturated heterocycles. The van der Waals surface area contributed by atoms with Gasteiger partial charge in [-0.05, 0) is 89.9 Å². The molecular weight excluding hydrogens is 791 g/mol. The Morgan fingerprint density at radius 2 is 0.812 bits per heavy atom. The number of carbonyl (C=O) groups excluding carboxylic acids is 2. The van der Waals surface area contributed by atoms with Gasteiger partial charge in [0.1, 0.15) is 0 Å². The smallest absolute Gasteiger partial charge is 0.305 e. The number of esters is 1. The van der Waals surface area contributed by atoms with Crippen molar-refractivity contribution >= 4 is 11.9 Å². The zero-order valence-corrected chi connectivity index (χ0v) is 42.5. The van der Waals surface area contributed by atoms with E-state index in [9.17, 15) is 19.8 Å². The van der Waals surface area contributed by atoms with Crippen LogP contribution < -0.4 is 5.32 Å². The van der Waals surface area contributed by atoms with Crippen LogP contribution in [0.3, 0.4) is 0 Å². The molecule has 0 aliphatic heterocycles. The van der Waals surface area contributed by atoms with Crippen molar-refractivity contribution < 1.29 is 24.5 Å². The molecule has 0 aliphatic carbocycles. The number of aliphatic hydroxyl groups excluding tert-OH is 2. The first-order valence-corrected chi connectivity index (χ1v) is 27.9. The molecule has 0 bridgehead atoms. The predicted octanol–water partition coefficient (Wildman–Crippen LogP) is 17.0. The fourth-order valence-corrected chi connectivity index (χ4v) is 8.29. The van der Waals surface area contributed by atoms with Crippen molar-refractivity contribution in [2.24, 2.45) is 0 Å². The molecule has 6 heteroatoms. The van der Waals surface area contributed by atoms with E-state index in [-0.39, 0.29) is 18.5 Å². The molecule has 0 aliphatic rings. The summed E-state index contributed by atoms with van der Waals surface area (Å²) in [5.41, 5.74) is 0. The van der Waals surface area contributed by atoms with E-state index >= 15 is 0 Å². The van der Waals surface area contributed by atoms with Crippen LogP contribution in [0.15, 0.2) is 48.6 Å². The van der Waals surface area contributed by atoms with Gasteiger partial charge < -0.3 is 20.3 Å². The molecule has 1 amide bonds. The Hall–Kier alpha value is -2.18. The molecule has 0 radical (unpaired) electrons. The maximum atomic E-state index is 12.5. The largest absolute Gasteiger partial charge is 0.466 e. The lowest BCUT2D eigenvalue weighted by molar-refractivity contribution is -0.143. The number of rotatable bonds is 51. The lowest BCUT2D eigenvalue weighted by Crippen LogP contribution is -2.45. The number of aliphatic hydroxyl groups is 2. The van der Waals surface area contributed by atoms with E-state index in [0.717, 1.165) is 96.3 Å². The third kappa shape index (κ3) is 49.3. The molecule has 2 atom stereocenters. The highest BCUT2D eigenvalue weighted by Gasteiger charge is 2.20. The van der Waals surface area contributed by atoms with Gasteiger partial charge in [-0.3, -0.25) is 9.59 Å². The van der Waals surface area contributed by atoms with Crippen LogP contribution in [-0.2, 0) is 14.3 Å². The molecule has 64 heavy (non-hydrogen) atoms. The summed E-state index contributed by atoms with van der Waals surface area (Å²) in [6, 6.07) is -0.555. The summed E-state index contributed by atoms with van der Waals surface area (Å²) >= 11 is 0. The summed E-state index contributed by atoms with van der Waals surface area (Å²) in [7, 11) is 0. The highest BCUT2D eigenvalue weighted by atomic mass is 16.5. The molecule has 0 fully saturated rings. The van der Waals surface area contributed by atoms with Gasteiger partial charge in [-0.15, -0.1) is 0 Å². The van der Waals surface area contributed by atoms with Crippen LogP contribution in [0.1, 0.15) is 284 Å². The second-order valence-corrected chi connectivity index (χ2v) is 18.9. The van der Waals surface area contributed by atoms with E-state index in [4.69, 9.17) is 4.74 Å². The third-order valence-electron chi connectivity index (χ3n) is 12.6. The number of unbranched alkanes of at least 4 members (excludes halogenated alkanes) is 32. The van der Waals surface area contributed by atoms with Crippen LogP contribution in [0.5, 0.6) is 0 Å². The molecule has 0 aromatic heterocycles. The molecule has 0 spiro atoms. The number of ether oxygens (including phenoxy) is 1. The summed E-state index contributed by atoms with van der Waals surface area (Å²) in [4.78, 5) is 24.5. The van der Waals surface area contributed by atoms with E-state index < -0.39 is 12.1 Å². The maximum Gasteiger partial charge on any atom is 0.305 e. The first-order valence-electron chi connectivity index (χ1n) is 27.9. The van der Waals surface area contributed by atoms with Crippen molar-refractivity contribution in [1.29, 1.82) is 0 Å². The van der Waals surface area contributed by atoms with Gasteiger partial charge >= 0.3 is 5.97 Å². The topological polar surface area (TPSA) is 95.9 Å². The van der Waals surface area contributed by atoms with Gasteiger partial charge in [0, 0.05) is 12.8 Å². The molecule has 0 saturated carbocycles. The zero-order valence-electron chi connectivity index (χ0n) is 42.5. The first kappa shape index (κ1) is 61.8. The van der Waals surface area contributed by atoms with Crippen LogP contribution >= 0.6 is 0 Å². The molecule has 6 nitrogen and oxygen atoms in total. The average molecular weight is 898 g/mol. The van der Waals surface area contributed by atoms with E-state index in [1.807, 2.05) is 0 Å². The minimum absolute atomic E-state index is 0.0313. The van der Waals surface area contributed by atoms with Crippen LogP contribution in [-0.4, -0.2) is 47.4 Å². The van der Waals surface area contributed by atoms with Crippen molar-refractivity contribution in [2.75, 3.05) is 13.2 Å². The zero-order chi connectivity index (χ0) is 46.5. The van der Waals surface area contributed by atoms with Gasteiger partial charge in [-0.1, -0.05) is 229 Å². The van der Waals surface area contributed by atoms with Crippen molar-refractivity contribution in [3.63, 3.8) is 0 Å². The number of allylic oxidation sites excluding steroid dienone is 8. The summed E-state index contributed by atoms with van der Waals surface area (Å²) in [6.45, 7) is 4.84. The SMILES string of the molecule is CCC/C=C\C/C=C\CCCCCCCC(=O)OCCCCC/C=C\C/C=C\CCCCCCCCCC(=O)NC(CO)C(O)CCCCCCCCCCCCCCCCCCC. The highest BCUT2D eigenvalue weighted by molar-refractivity contribution is 5.76. The summed E-state index contributed by atoms with van der Waals surface area (Å²) in [5, 5.41) is 23.3. The molecular formula is C58H107NO5. The minimum Gasteiger partial charge on any atom is -0.466 e. The second kappa shape index (κ2) is 53.4. The molecule has 374 valence electrons. The highest BCUT2D eigenvalue weighted by Crippen LogP contribution is 2.16. The van der Waals surface area contributed by atoms with Gasteiger partial charge in [-0.25, -0.2) is 0 Å². The number of nitrogens with one attached hydrogen (secondary N) is 1. The monoisotopic (exact) mass is 898 g/mol. The van der Waals surface area contributed by atoms with Crippen LogP contribution in [0, 0.1) is 0 Å². The van der Waals surface area contributed by atoms with Crippen molar-refractivity contribution in [2.45, 2.75) is 296 Å². The summed E-state index contributed by atoms with van der Waals surface area (Å²) in [6.07, 6.45) is 66.6. The van der Waals surface area contributed by atoms with E-state index in [0.29, 0.717) is 25.9 Å². The second-order valence-electron chi connectivity index (χ2n) is 18.9. The average Bonchev–Trinajstić information content (AvgIpc) is 3.29. The van der Waals surface area contributed by atoms with Gasteiger partial charge in [0.2, 0.25) is 5.91 Å². The Morgan fingerprint density at radius 3 is 1.25 bits per heavy atom. The fourth-order valence-electron chi connectivity index (χ4n) is 8.29. The van der Waals surface area contributed by atoms with Gasteiger partial charge in [0.05, 0.1) is 25.4 Å². The molecule has 3 N–H and O–H groups in total. The molecule has 0 heterocycles. The number of carbonyl (C=O) groups is 2. The Labute approximate surface area is 397 Å². The van der Waals surface area contributed by atoms with Gasteiger partial charge in [0.15, 0.2) is 0 Å². The lowest BCUT2D eigenvalue weighted by Gasteiger charge is -2.22. The molecule has 0 aromatic rings. The van der Waals surface area contributed by atoms with Crippen LogP contribution in [0.25, 0.3) is 0 Å². The van der Waals surface area contributed by atoms with E-state index in [2.05, 4.69) is 67.8 Å². The standard InChI is InChI=1S/C58H107NO5/c1-3-5-7-9-11-13-15-17-18-20-23-27-30-34-38-42-46-50-56(61)55(54-60)59-57(62)51-47-43-39-35-31-28-24-21-19-22-25-29-33-37-41-45-49-53-64-58(63)52-48-44-40-36-32-26-16-14-12-10-8-6-4-2/h8,10,14,16,19,22,29,33,55-56,60-61H,3-7,9,11-13,15,17-18,20-21,23-28,30-32,34-54H2,1-2H3,(H,59,62)/b10-8-,16-14-,22-19-,33-29-. The van der Waals surface area contributed by atoms with Crippen molar-refractivity contribution in [3.05, 3.63) is 48.6 Å². The molecule has 0 rings (SSSR count). The summed E-state index contributed by atoms with van der Waals surface area (Å²) in [5.74, 6) is -0.0824. The molecule has 0 aromatic carbocycles. The third-order valence-corrected chi connectivity index (χ3v) is 12.6. The maximum absolute atomic E-state index is 12.5. The fraction of sp³-hybridized carbons (Fsp3) is 0.828. The van der Waals surface area contributed by atoms with Crippen LogP contribution in [0.2, 0.25) is 0 Å². The quantitative estimate of drug-likeness (QED) is 0.0321. The number of amides is 1. The van der Waals surface area contributed by atoms with Gasteiger partial charge in [0.25, 0.3) is 0 Å². The number of hydrogen-bond acceptors (Lipinski definition) is 5. The van der Waals surface area contributed by atoms with E-state index in [1.54, 1.807) is 0 Å².